The van der Waals surface area contributed by atoms with Gasteiger partial charge < -0.3 is 20.3 Å². The number of aromatic amines is 1. The Bertz CT molecular complexity index is 1240. The highest BCUT2D eigenvalue weighted by atomic mass is 16.5. The topological polar surface area (TPSA) is 114 Å². The molecule has 0 bridgehead atoms. The summed E-state index contributed by atoms with van der Waals surface area (Å²) in [4.78, 5) is 44.4. The van der Waals surface area contributed by atoms with Crippen LogP contribution < -0.4 is 26.8 Å². The van der Waals surface area contributed by atoms with E-state index in [9.17, 15) is 14.4 Å². The number of H-pyrrole nitrogens is 1. The van der Waals surface area contributed by atoms with Crippen LogP contribution in [-0.4, -0.2) is 48.8 Å². The van der Waals surface area contributed by atoms with Gasteiger partial charge in [0.2, 0.25) is 5.91 Å². The maximum Gasteiger partial charge on any atom is 0.330 e. The number of nitrogens with two attached hydrogens (primary N) is 1. The Morgan fingerprint density at radius 1 is 1.09 bits per heavy atom. The van der Waals surface area contributed by atoms with Crippen molar-refractivity contribution in [3.05, 3.63) is 86.6 Å². The van der Waals surface area contributed by atoms with Crippen LogP contribution in [0.3, 0.4) is 0 Å². The van der Waals surface area contributed by atoms with E-state index in [1.807, 2.05) is 68.4 Å². The molecule has 1 aromatic heterocycles. The Labute approximate surface area is 198 Å². The van der Waals surface area contributed by atoms with E-state index >= 15 is 0 Å². The Hall–Kier alpha value is -3.85. The molecule has 0 aliphatic rings. The molecule has 34 heavy (non-hydrogen) atoms. The number of hydrogen-bond donors (Lipinski definition) is 2. The van der Waals surface area contributed by atoms with Gasteiger partial charge in [0.1, 0.15) is 11.5 Å². The number of nitrogens with zero attached hydrogens (tertiary/aromatic N) is 3. The van der Waals surface area contributed by atoms with E-state index in [4.69, 9.17) is 10.5 Å². The van der Waals surface area contributed by atoms with E-state index < -0.39 is 11.2 Å². The zero-order chi connectivity index (χ0) is 24.7. The van der Waals surface area contributed by atoms with Gasteiger partial charge in [-0.2, -0.15) is 0 Å². The second-order valence-electron chi connectivity index (χ2n) is 7.90. The third-order valence-electron chi connectivity index (χ3n) is 5.63. The summed E-state index contributed by atoms with van der Waals surface area (Å²) in [5, 5.41) is 0. The number of carbonyl (C=O) groups excluding carboxylic acids is 1. The molecule has 9 nitrogen and oxygen atoms in total. The van der Waals surface area contributed by atoms with Crippen LogP contribution in [0.4, 0.5) is 17.2 Å². The van der Waals surface area contributed by atoms with Crippen molar-refractivity contribution in [2.24, 2.45) is 0 Å². The third kappa shape index (κ3) is 5.55. The van der Waals surface area contributed by atoms with Crippen molar-refractivity contribution in [2.75, 3.05) is 48.9 Å². The van der Waals surface area contributed by atoms with Gasteiger partial charge in [0.05, 0.1) is 19.7 Å². The van der Waals surface area contributed by atoms with E-state index in [-0.39, 0.29) is 43.7 Å². The number of aromatic nitrogens is 2. The molecule has 0 aliphatic heterocycles. The van der Waals surface area contributed by atoms with E-state index in [1.165, 1.54) is 11.7 Å². The standard InChI is InChI=1S/C25H31N5O4/c1-4-29(20-13-9-8-10-18(20)2)21(31)17-28(14-15-34-3)22-23(26)30(25(33)27-24(22)32)16-19-11-6-5-7-12-19/h5-13H,4,14-17,26H2,1-3H3,(H,27,32,33). The molecule has 0 saturated heterocycles. The molecule has 0 unspecified atom stereocenters. The molecule has 0 spiro atoms. The minimum atomic E-state index is -0.644. The molecule has 1 amide bonds. The average Bonchev–Trinajstić information content (AvgIpc) is 2.82. The molecule has 3 N–H and O–H groups in total. The Kier molecular flexibility index (Phi) is 8.26. The highest BCUT2D eigenvalue weighted by Gasteiger charge is 2.24. The molecule has 0 radical (unpaired) electrons. The monoisotopic (exact) mass is 465 g/mol. The summed E-state index contributed by atoms with van der Waals surface area (Å²) in [5.74, 6) is -0.201. The Morgan fingerprint density at radius 2 is 1.76 bits per heavy atom. The number of carbonyl (C=O) groups is 1. The summed E-state index contributed by atoms with van der Waals surface area (Å²) < 4.78 is 6.51. The molecule has 0 fully saturated rings. The summed E-state index contributed by atoms with van der Waals surface area (Å²) in [7, 11) is 1.54. The van der Waals surface area contributed by atoms with Crippen LogP contribution in [0.25, 0.3) is 0 Å². The predicted octanol–water partition coefficient (Wildman–Crippen LogP) is 1.98. The van der Waals surface area contributed by atoms with E-state index in [1.54, 1.807) is 9.80 Å². The van der Waals surface area contributed by atoms with Gasteiger partial charge in [0.25, 0.3) is 5.56 Å². The first kappa shape index (κ1) is 24.8. The number of para-hydroxylation sites is 1. The van der Waals surface area contributed by atoms with Crippen molar-refractivity contribution in [3.8, 4) is 0 Å². The number of nitrogen functional groups attached to an aromatic ring is 1. The number of hydrogen-bond acceptors (Lipinski definition) is 6. The fourth-order valence-electron chi connectivity index (χ4n) is 3.87. The van der Waals surface area contributed by atoms with Crippen molar-refractivity contribution >= 4 is 23.1 Å². The number of benzene rings is 2. The number of rotatable bonds is 10. The average molecular weight is 466 g/mol. The number of nitrogens with one attached hydrogen (secondary N) is 1. The Balaban J connectivity index is 1.99. The molecule has 0 saturated carbocycles. The van der Waals surface area contributed by atoms with E-state index in [0.717, 1.165) is 16.8 Å². The predicted molar refractivity (Wildman–Crippen MR) is 135 cm³/mol. The highest BCUT2D eigenvalue weighted by molar-refractivity contribution is 5.97. The second-order valence-corrected chi connectivity index (χ2v) is 7.90. The summed E-state index contributed by atoms with van der Waals surface area (Å²) in [6, 6.07) is 16.9. The van der Waals surface area contributed by atoms with Gasteiger partial charge in [0, 0.05) is 25.9 Å². The summed E-state index contributed by atoms with van der Waals surface area (Å²) >= 11 is 0. The number of ether oxygens (including phenoxy) is 1. The fourth-order valence-corrected chi connectivity index (χ4v) is 3.87. The molecule has 0 atom stereocenters. The fraction of sp³-hybridized carbons (Fsp3) is 0.320. The maximum atomic E-state index is 13.4. The van der Waals surface area contributed by atoms with Gasteiger partial charge in [-0.3, -0.25) is 19.1 Å². The smallest absolute Gasteiger partial charge is 0.330 e. The van der Waals surface area contributed by atoms with Crippen LogP contribution in [0, 0.1) is 6.92 Å². The zero-order valence-electron chi connectivity index (χ0n) is 19.8. The summed E-state index contributed by atoms with van der Waals surface area (Å²) in [6.45, 7) is 4.88. The third-order valence-corrected chi connectivity index (χ3v) is 5.63. The first-order valence-electron chi connectivity index (χ1n) is 11.1. The largest absolute Gasteiger partial charge is 0.383 e. The molecule has 9 heteroatoms. The number of amides is 1. The van der Waals surface area contributed by atoms with Gasteiger partial charge in [0.15, 0.2) is 0 Å². The minimum Gasteiger partial charge on any atom is -0.383 e. The van der Waals surface area contributed by atoms with Crippen LogP contribution in [0.15, 0.2) is 64.2 Å². The van der Waals surface area contributed by atoms with Crippen molar-refractivity contribution < 1.29 is 9.53 Å². The van der Waals surface area contributed by atoms with E-state index in [2.05, 4.69) is 4.98 Å². The molecule has 3 aromatic rings. The number of aryl methyl sites for hydroxylation is 1. The lowest BCUT2D eigenvalue weighted by molar-refractivity contribution is -0.117. The van der Waals surface area contributed by atoms with Gasteiger partial charge in [-0.25, -0.2) is 4.79 Å². The SMILES string of the molecule is CCN(C(=O)CN(CCOC)c1c(N)n(Cc2ccccc2)c(=O)[nH]c1=O)c1ccccc1C. The number of methoxy groups -OCH3 is 1. The normalized spacial score (nSPS) is 10.8. The lowest BCUT2D eigenvalue weighted by Crippen LogP contribution is -2.45. The molecule has 3 rings (SSSR count). The lowest BCUT2D eigenvalue weighted by Gasteiger charge is -2.29. The van der Waals surface area contributed by atoms with Crippen molar-refractivity contribution in [2.45, 2.75) is 20.4 Å². The van der Waals surface area contributed by atoms with Gasteiger partial charge >= 0.3 is 5.69 Å². The first-order chi connectivity index (χ1) is 16.4. The quantitative estimate of drug-likeness (QED) is 0.473. The minimum absolute atomic E-state index is 0.000413. The summed E-state index contributed by atoms with van der Waals surface area (Å²) in [6.07, 6.45) is 0. The van der Waals surface area contributed by atoms with Crippen molar-refractivity contribution in [1.82, 2.24) is 9.55 Å². The maximum absolute atomic E-state index is 13.4. The second kappa shape index (κ2) is 11.3. The molecular formula is C25H31N5O4. The van der Waals surface area contributed by atoms with Crippen LogP contribution in [-0.2, 0) is 16.1 Å². The first-order valence-corrected chi connectivity index (χ1v) is 11.1. The molecular weight excluding hydrogens is 434 g/mol. The van der Waals surface area contributed by atoms with Crippen LogP contribution in [0.2, 0.25) is 0 Å². The zero-order valence-corrected chi connectivity index (χ0v) is 19.8. The number of likely N-dealkylation sites (N-methyl/N-ethyl adjacent to an activating group) is 1. The van der Waals surface area contributed by atoms with Crippen LogP contribution in [0.1, 0.15) is 18.1 Å². The highest BCUT2D eigenvalue weighted by Crippen LogP contribution is 2.22. The van der Waals surface area contributed by atoms with Crippen molar-refractivity contribution in [1.29, 1.82) is 0 Å². The Morgan fingerprint density at radius 3 is 2.41 bits per heavy atom. The van der Waals surface area contributed by atoms with E-state index in [0.29, 0.717) is 6.54 Å². The molecule has 2 aromatic carbocycles. The van der Waals surface area contributed by atoms with Crippen molar-refractivity contribution in [3.63, 3.8) is 0 Å². The molecule has 180 valence electrons. The molecule has 1 heterocycles. The number of anilines is 3. The van der Waals surface area contributed by atoms with Gasteiger partial charge in [-0.05, 0) is 31.0 Å². The van der Waals surface area contributed by atoms with Crippen LogP contribution >= 0.6 is 0 Å². The van der Waals surface area contributed by atoms with Crippen LogP contribution in [0.5, 0.6) is 0 Å². The lowest BCUT2D eigenvalue weighted by atomic mass is 10.1. The van der Waals surface area contributed by atoms with Gasteiger partial charge in [-0.15, -0.1) is 0 Å². The van der Waals surface area contributed by atoms with Gasteiger partial charge in [-0.1, -0.05) is 48.5 Å². The molecule has 0 aliphatic carbocycles. The summed E-state index contributed by atoms with van der Waals surface area (Å²) in [5.41, 5.74) is 7.80.